The number of carbonyl (C=O) groups is 1. The molecule has 0 aliphatic heterocycles. The van der Waals surface area contributed by atoms with Crippen LogP contribution in [0.2, 0.25) is 0 Å². The van der Waals surface area contributed by atoms with Crippen molar-refractivity contribution in [3.05, 3.63) is 24.3 Å². The van der Waals surface area contributed by atoms with E-state index in [9.17, 15) is 4.79 Å². The van der Waals surface area contributed by atoms with Gasteiger partial charge in [0.1, 0.15) is 5.75 Å². The monoisotopic (exact) mass is 293 g/mol. The lowest BCUT2D eigenvalue weighted by Gasteiger charge is -2.24. The SMILES string of the molecule is CCCCOc1ccc(N(CCCC)CCC(=O)O)cc1. The molecule has 0 spiro atoms. The fourth-order valence-electron chi connectivity index (χ4n) is 2.04. The van der Waals surface area contributed by atoms with E-state index >= 15 is 0 Å². The van der Waals surface area contributed by atoms with Gasteiger partial charge in [0, 0.05) is 18.8 Å². The van der Waals surface area contributed by atoms with Crippen molar-refractivity contribution in [2.24, 2.45) is 0 Å². The quantitative estimate of drug-likeness (QED) is 0.628. The molecular weight excluding hydrogens is 266 g/mol. The third kappa shape index (κ3) is 7.02. The molecule has 0 radical (unpaired) electrons. The minimum Gasteiger partial charge on any atom is -0.494 e. The number of ether oxygens (including phenoxy) is 1. The Labute approximate surface area is 127 Å². The molecule has 21 heavy (non-hydrogen) atoms. The Hall–Kier alpha value is -1.71. The first-order valence-corrected chi connectivity index (χ1v) is 7.87. The molecule has 0 fully saturated rings. The molecule has 1 rings (SSSR count). The van der Waals surface area contributed by atoms with Crippen LogP contribution in [0.1, 0.15) is 46.0 Å². The highest BCUT2D eigenvalue weighted by molar-refractivity contribution is 5.67. The van der Waals surface area contributed by atoms with Gasteiger partial charge in [-0.3, -0.25) is 4.79 Å². The summed E-state index contributed by atoms with van der Waals surface area (Å²) in [7, 11) is 0. The van der Waals surface area contributed by atoms with E-state index in [0.717, 1.165) is 50.3 Å². The van der Waals surface area contributed by atoms with Crippen LogP contribution < -0.4 is 9.64 Å². The molecule has 0 heterocycles. The first-order chi connectivity index (χ1) is 10.2. The second kappa shape index (κ2) is 10.1. The molecule has 0 aliphatic rings. The van der Waals surface area contributed by atoms with Crippen molar-refractivity contribution in [2.45, 2.75) is 46.0 Å². The average Bonchev–Trinajstić information content (AvgIpc) is 2.48. The van der Waals surface area contributed by atoms with Crippen molar-refractivity contribution in [3.63, 3.8) is 0 Å². The second-order valence-electron chi connectivity index (χ2n) is 5.18. The van der Waals surface area contributed by atoms with Gasteiger partial charge >= 0.3 is 5.97 Å². The van der Waals surface area contributed by atoms with Crippen LogP contribution in [0.4, 0.5) is 5.69 Å². The summed E-state index contributed by atoms with van der Waals surface area (Å²) >= 11 is 0. The van der Waals surface area contributed by atoms with Crippen molar-refractivity contribution in [3.8, 4) is 5.75 Å². The molecule has 4 heteroatoms. The summed E-state index contributed by atoms with van der Waals surface area (Å²) in [6, 6.07) is 7.95. The summed E-state index contributed by atoms with van der Waals surface area (Å²) in [5.74, 6) is 0.122. The molecule has 0 unspecified atom stereocenters. The van der Waals surface area contributed by atoms with Crippen LogP contribution in [0, 0.1) is 0 Å². The van der Waals surface area contributed by atoms with Crippen molar-refractivity contribution in [1.82, 2.24) is 0 Å². The van der Waals surface area contributed by atoms with Crippen molar-refractivity contribution >= 4 is 11.7 Å². The number of hydrogen-bond acceptors (Lipinski definition) is 3. The standard InChI is InChI=1S/C17H27NO3/c1-3-5-12-18(13-11-17(19)20)15-7-9-16(10-8-15)21-14-6-4-2/h7-10H,3-6,11-14H2,1-2H3,(H,19,20). The first-order valence-electron chi connectivity index (χ1n) is 7.87. The van der Waals surface area contributed by atoms with Crippen LogP contribution in [0.5, 0.6) is 5.75 Å². The Kier molecular flexibility index (Phi) is 8.32. The summed E-state index contributed by atoms with van der Waals surface area (Å²) in [5.41, 5.74) is 1.06. The zero-order valence-corrected chi connectivity index (χ0v) is 13.2. The summed E-state index contributed by atoms with van der Waals surface area (Å²) < 4.78 is 5.65. The fourth-order valence-corrected chi connectivity index (χ4v) is 2.04. The smallest absolute Gasteiger partial charge is 0.305 e. The minimum absolute atomic E-state index is 0.165. The van der Waals surface area contributed by atoms with Gasteiger partial charge in [-0.15, -0.1) is 0 Å². The maximum atomic E-state index is 10.8. The summed E-state index contributed by atoms with van der Waals surface area (Å²) in [6.07, 6.45) is 4.51. The molecule has 1 aromatic carbocycles. The van der Waals surface area contributed by atoms with E-state index < -0.39 is 5.97 Å². The Morgan fingerprint density at radius 3 is 2.33 bits per heavy atom. The zero-order chi connectivity index (χ0) is 15.5. The van der Waals surface area contributed by atoms with Gasteiger partial charge in [0.15, 0.2) is 0 Å². The van der Waals surface area contributed by atoms with Gasteiger partial charge in [-0.1, -0.05) is 26.7 Å². The van der Waals surface area contributed by atoms with Crippen LogP contribution in [-0.4, -0.2) is 30.8 Å². The third-order valence-corrected chi connectivity index (χ3v) is 3.35. The highest BCUT2D eigenvalue weighted by atomic mass is 16.5. The van der Waals surface area contributed by atoms with E-state index in [-0.39, 0.29) is 6.42 Å². The van der Waals surface area contributed by atoms with Crippen molar-refractivity contribution in [2.75, 3.05) is 24.6 Å². The number of carboxylic acids is 1. The highest BCUT2D eigenvalue weighted by Gasteiger charge is 2.08. The Balaban J connectivity index is 2.61. The average molecular weight is 293 g/mol. The lowest BCUT2D eigenvalue weighted by atomic mass is 10.2. The van der Waals surface area contributed by atoms with Crippen LogP contribution >= 0.6 is 0 Å². The number of hydrogen-bond donors (Lipinski definition) is 1. The zero-order valence-electron chi connectivity index (χ0n) is 13.2. The molecular formula is C17H27NO3. The van der Waals surface area contributed by atoms with Crippen LogP contribution in [-0.2, 0) is 4.79 Å². The summed E-state index contributed by atoms with van der Waals surface area (Å²) in [4.78, 5) is 12.9. The lowest BCUT2D eigenvalue weighted by Crippen LogP contribution is -2.27. The maximum Gasteiger partial charge on any atom is 0.305 e. The number of anilines is 1. The Morgan fingerprint density at radius 1 is 1.10 bits per heavy atom. The number of rotatable bonds is 11. The number of unbranched alkanes of at least 4 members (excludes halogenated alkanes) is 2. The largest absolute Gasteiger partial charge is 0.494 e. The highest BCUT2D eigenvalue weighted by Crippen LogP contribution is 2.20. The molecule has 1 aromatic rings. The number of carboxylic acid groups (broad SMARTS) is 1. The van der Waals surface area contributed by atoms with Gasteiger partial charge in [-0.2, -0.15) is 0 Å². The van der Waals surface area contributed by atoms with E-state index in [1.54, 1.807) is 0 Å². The van der Waals surface area contributed by atoms with Crippen LogP contribution in [0.25, 0.3) is 0 Å². The van der Waals surface area contributed by atoms with Crippen molar-refractivity contribution < 1.29 is 14.6 Å². The second-order valence-corrected chi connectivity index (χ2v) is 5.18. The normalized spacial score (nSPS) is 10.4. The molecule has 0 aromatic heterocycles. The van der Waals surface area contributed by atoms with E-state index in [1.807, 2.05) is 24.3 Å². The predicted octanol–water partition coefficient (Wildman–Crippen LogP) is 3.95. The number of nitrogens with zero attached hydrogens (tertiary/aromatic N) is 1. The first kappa shape index (κ1) is 17.3. The Morgan fingerprint density at radius 2 is 1.76 bits per heavy atom. The topological polar surface area (TPSA) is 49.8 Å². The van der Waals surface area contributed by atoms with Gasteiger partial charge in [-0.05, 0) is 37.1 Å². The summed E-state index contributed by atoms with van der Waals surface area (Å²) in [5, 5.41) is 8.85. The molecule has 1 N–H and O–H groups in total. The molecule has 0 saturated heterocycles. The van der Waals surface area contributed by atoms with E-state index in [4.69, 9.17) is 9.84 Å². The molecule has 4 nitrogen and oxygen atoms in total. The molecule has 0 saturated carbocycles. The number of benzene rings is 1. The van der Waals surface area contributed by atoms with Gasteiger partial charge < -0.3 is 14.7 Å². The fraction of sp³-hybridized carbons (Fsp3) is 0.588. The van der Waals surface area contributed by atoms with Gasteiger partial charge in [-0.25, -0.2) is 0 Å². The van der Waals surface area contributed by atoms with E-state index in [1.165, 1.54) is 0 Å². The molecule has 0 atom stereocenters. The van der Waals surface area contributed by atoms with Crippen molar-refractivity contribution in [1.29, 1.82) is 0 Å². The predicted molar refractivity (Wildman–Crippen MR) is 86.2 cm³/mol. The molecule has 0 amide bonds. The Bertz CT molecular complexity index is 403. The minimum atomic E-state index is -0.754. The van der Waals surface area contributed by atoms with Crippen LogP contribution in [0.3, 0.4) is 0 Å². The molecule has 0 bridgehead atoms. The lowest BCUT2D eigenvalue weighted by molar-refractivity contribution is -0.136. The van der Waals surface area contributed by atoms with Gasteiger partial charge in [0.05, 0.1) is 13.0 Å². The van der Waals surface area contributed by atoms with Gasteiger partial charge in [0.25, 0.3) is 0 Å². The number of aliphatic carboxylic acids is 1. The van der Waals surface area contributed by atoms with Crippen LogP contribution in [0.15, 0.2) is 24.3 Å². The van der Waals surface area contributed by atoms with E-state index in [2.05, 4.69) is 18.7 Å². The maximum absolute atomic E-state index is 10.8. The molecule has 0 aliphatic carbocycles. The third-order valence-electron chi connectivity index (χ3n) is 3.35. The van der Waals surface area contributed by atoms with Gasteiger partial charge in [0.2, 0.25) is 0 Å². The molecule has 118 valence electrons. The van der Waals surface area contributed by atoms with E-state index in [0.29, 0.717) is 6.54 Å². The summed E-state index contributed by atoms with van der Waals surface area (Å²) in [6.45, 7) is 6.46.